The lowest BCUT2D eigenvalue weighted by Crippen LogP contribution is -2.23. The van der Waals surface area contributed by atoms with Gasteiger partial charge in [0.05, 0.1) is 4.92 Å². The highest BCUT2D eigenvalue weighted by Gasteiger charge is 2.33. The highest BCUT2D eigenvalue weighted by atomic mass is 16.6. The van der Waals surface area contributed by atoms with Crippen LogP contribution in [0.15, 0.2) is 6.33 Å². The van der Waals surface area contributed by atoms with Crippen LogP contribution in [0.4, 0.5) is 17.3 Å². The molecule has 1 aromatic heterocycles. The molecule has 2 unspecified atom stereocenters. The van der Waals surface area contributed by atoms with Gasteiger partial charge in [-0.2, -0.15) is 0 Å². The molecule has 1 fully saturated rings. The van der Waals surface area contributed by atoms with Gasteiger partial charge in [-0.05, 0) is 11.8 Å². The van der Waals surface area contributed by atoms with Crippen molar-refractivity contribution in [2.24, 2.45) is 17.7 Å². The fourth-order valence-electron chi connectivity index (χ4n) is 2.18. The van der Waals surface area contributed by atoms with E-state index in [9.17, 15) is 10.1 Å². The van der Waals surface area contributed by atoms with E-state index < -0.39 is 4.92 Å². The maximum Gasteiger partial charge on any atom is 0.354 e. The van der Waals surface area contributed by atoms with Crippen LogP contribution in [-0.4, -0.2) is 28.0 Å². The van der Waals surface area contributed by atoms with Crippen LogP contribution < -0.4 is 16.2 Å². The summed E-state index contributed by atoms with van der Waals surface area (Å²) < 4.78 is 0. The van der Waals surface area contributed by atoms with E-state index in [0.717, 1.165) is 13.1 Å². The molecule has 0 radical (unpaired) electrons. The molecule has 0 saturated carbocycles. The van der Waals surface area contributed by atoms with Crippen molar-refractivity contribution in [3.8, 4) is 0 Å². The number of nitrogen functional groups attached to an aromatic ring is 1. The van der Waals surface area contributed by atoms with Gasteiger partial charge in [0.2, 0.25) is 11.6 Å². The van der Waals surface area contributed by atoms with Crippen molar-refractivity contribution in [3.05, 3.63) is 16.4 Å². The second-order valence-electron chi connectivity index (χ2n) is 4.66. The van der Waals surface area contributed by atoms with E-state index in [-0.39, 0.29) is 11.5 Å². The fraction of sp³-hybridized carbons (Fsp3) is 0.600. The number of hydrazine groups is 1. The molecular weight excluding hydrogens is 236 g/mol. The molecule has 2 atom stereocenters. The van der Waals surface area contributed by atoms with Crippen LogP contribution in [0.25, 0.3) is 0 Å². The van der Waals surface area contributed by atoms with Crippen molar-refractivity contribution in [1.82, 2.24) is 9.97 Å². The predicted octanol–water partition coefficient (Wildman–Crippen LogP) is 0.763. The zero-order chi connectivity index (χ0) is 13.3. The lowest BCUT2D eigenvalue weighted by Gasteiger charge is -2.17. The van der Waals surface area contributed by atoms with E-state index in [1.54, 1.807) is 0 Å². The highest BCUT2D eigenvalue weighted by molar-refractivity contribution is 5.70. The topological polar surface area (TPSA) is 110 Å². The molecule has 0 spiro atoms. The molecule has 0 aliphatic carbocycles. The molecule has 98 valence electrons. The first-order chi connectivity index (χ1) is 8.54. The van der Waals surface area contributed by atoms with Gasteiger partial charge >= 0.3 is 5.69 Å². The van der Waals surface area contributed by atoms with Crippen molar-refractivity contribution in [2.75, 3.05) is 23.4 Å². The van der Waals surface area contributed by atoms with E-state index >= 15 is 0 Å². The molecule has 1 aromatic rings. The first-order valence-electron chi connectivity index (χ1n) is 5.75. The van der Waals surface area contributed by atoms with Crippen LogP contribution in [0.3, 0.4) is 0 Å². The Bertz CT molecular complexity index is 456. The lowest BCUT2D eigenvalue weighted by atomic mass is 10.0. The second-order valence-corrected chi connectivity index (χ2v) is 4.66. The second kappa shape index (κ2) is 4.73. The molecule has 3 N–H and O–H groups in total. The van der Waals surface area contributed by atoms with Gasteiger partial charge in [-0.1, -0.05) is 13.8 Å². The smallest absolute Gasteiger partial charge is 0.350 e. The number of anilines is 2. The van der Waals surface area contributed by atoms with Crippen LogP contribution >= 0.6 is 0 Å². The van der Waals surface area contributed by atoms with E-state index in [4.69, 9.17) is 5.84 Å². The van der Waals surface area contributed by atoms with E-state index in [1.165, 1.54) is 6.33 Å². The molecule has 2 heterocycles. The summed E-state index contributed by atoms with van der Waals surface area (Å²) in [5, 5.41) is 11.1. The SMILES string of the molecule is CC1CN(c2ncnc(NN)c2[N+](=O)[O-])CC1C. The number of hydrogen-bond donors (Lipinski definition) is 2. The molecular formula is C10H16N6O2. The quantitative estimate of drug-likeness (QED) is 0.464. The Morgan fingerprint density at radius 1 is 1.44 bits per heavy atom. The molecule has 0 aromatic carbocycles. The van der Waals surface area contributed by atoms with Gasteiger partial charge in [-0.3, -0.25) is 10.1 Å². The number of hydrogen-bond acceptors (Lipinski definition) is 7. The van der Waals surface area contributed by atoms with Crippen molar-refractivity contribution in [2.45, 2.75) is 13.8 Å². The van der Waals surface area contributed by atoms with Crippen LogP contribution in [0, 0.1) is 22.0 Å². The minimum Gasteiger partial charge on any atom is -0.350 e. The highest BCUT2D eigenvalue weighted by Crippen LogP contribution is 2.35. The fourth-order valence-corrected chi connectivity index (χ4v) is 2.18. The summed E-state index contributed by atoms with van der Waals surface area (Å²) in [6.07, 6.45) is 1.28. The Hall–Kier alpha value is -1.96. The Morgan fingerprint density at radius 3 is 2.56 bits per heavy atom. The maximum atomic E-state index is 11.1. The summed E-state index contributed by atoms with van der Waals surface area (Å²) in [7, 11) is 0. The third-order valence-electron chi connectivity index (χ3n) is 3.41. The van der Waals surface area contributed by atoms with E-state index in [2.05, 4.69) is 29.2 Å². The molecule has 1 saturated heterocycles. The van der Waals surface area contributed by atoms with Crippen molar-refractivity contribution >= 4 is 17.3 Å². The van der Waals surface area contributed by atoms with Crippen molar-refractivity contribution in [3.63, 3.8) is 0 Å². The predicted molar refractivity (Wildman–Crippen MR) is 67.0 cm³/mol. The number of nitrogens with one attached hydrogen (secondary N) is 1. The standard InChI is InChI=1S/C10H16N6O2/c1-6-3-15(4-7(6)2)10-8(16(17)18)9(14-11)12-5-13-10/h5-7H,3-4,11H2,1-2H3,(H,12,13,14). The molecule has 8 heteroatoms. The number of rotatable bonds is 3. The molecule has 8 nitrogen and oxygen atoms in total. The van der Waals surface area contributed by atoms with Gasteiger partial charge in [-0.15, -0.1) is 0 Å². The normalized spacial score (nSPS) is 23.2. The Morgan fingerprint density at radius 2 is 2.06 bits per heavy atom. The molecule has 18 heavy (non-hydrogen) atoms. The summed E-state index contributed by atoms with van der Waals surface area (Å²) in [6.45, 7) is 5.76. The van der Waals surface area contributed by atoms with Crippen LogP contribution in [-0.2, 0) is 0 Å². The third kappa shape index (κ3) is 2.06. The Kier molecular flexibility index (Phi) is 3.28. The lowest BCUT2D eigenvalue weighted by molar-refractivity contribution is -0.383. The number of nitrogens with two attached hydrogens (primary N) is 1. The molecule has 2 rings (SSSR count). The number of aromatic nitrogens is 2. The van der Waals surface area contributed by atoms with Crippen LogP contribution in [0.1, 0.15) is 13.8 Å². The summed E-state index contributed by atoms with van der Waals surface area (Å²) in [4.78, 5) is 20.3. The largest absolute Gasteiger partial charge is 0.354 e. The average Bonchev–Trinajstić information content (AvgIpc) is 2.68. The van der Waals surface area contributed by atoms with Gasteiger partial charge in [0.1, 0.15) is 6.33 Å². The van der Waals surface area contributed by atoms with Gasteiger partial charge in [0, 0.05) is 13.1 Å². The minimum atomic E-state index is -0.502. The summed E-state index contributed by atoms with van der Waals surface area (Å²) in [5.41, 5.74) is 2.08. The van der Waals surface area contributed by atoms with Gasteiger partial charge in [-0.25, -0.2) is 15.8 Å². The minimum absolute atomic E-state index is 0.0391. The number of nitrogens with zero attached hydrogens (tertiary/aromatic N) is 4. The zero-order valence-electron chi connectivity index (χ0n) is 10.3. The zero-order valence-corrected chi connectivity index (χ0v) is 10.3. The molecule has 0 amide bonds. The van der Waals surface area contributed by atoms with Gasteiger partial charge in [0.25, 0.3) is 0 Å². The Labute approximate surface area is 104 Å². The maximum absolute atomic E-state index is 11.1. The van der Waals surface area contributed by atoms with Crippen molar-refractivity contribution in [1.29, 1.82) is 0 Å². The Balaban J connectivity index is 2.42. The number of nitro groups is 1. The average molecular weight is 252 g/mol. The monoisotopic (exact) mass is 252 g/mol. The van der Waals surface area contributed by atoms with E-state index in [1.807, 2.05) is 4.90 Å². The van der Waals surface area contributed by atoms with Crippen LogP contribution in [0.2, 0.25) is 0 Å². The third-order valence-corrected chi connectivity index (χ3v) is 3.41. The van der Waals surface area contributed by atoms with E-state index in [0.29, 0.717) is 17.7 Å². The van der Waals surface area contributed by atoms with Gasteiger partial charge < -0.3 is 10.3 Å². The van der Waals surface area contributed by atoms with Gasteiger partial charge in [0.15, 0.2) is 0 Å². The summed E-state index contributed by atoms with van der Waals surface area (Å²) in [6, 6.07) is 0. The van der Waals surface area contributed by atoms with Crippen LogP contribution in [0.5, 0.6) is 0 Å². The first kappa shape index (κ1) is 12.5. The molecule has 1 aliphatic heterocycles. The first-order valence-corrected chi connectivity index (χ1v) is 5.75. The molecule has 0 bridgehead atoms. The summed E-state index contributed by atoms with van der Waals surface area (Å²) >= 11 is 0. The summed E-state index contributed by atoms with van der Waals surface area (Å²) in [5.74, 6) is 6.58. The molecule has 1 aliphatic rings. The van der Waals surface area contributed by atoms with Crippen molar-refractivity contribution < 1.29 is 4.92 Å².